The summed E-state index contributed by atoms with van der Waals surface area (Å²) in [5.74, 6) is -5.75. The van der Waals surface area contributed by atoms with Gasteiger partial charge in [0.1, 0.15) is 24.6 Å². The third-order valence-electron chi connectivity index (χ3n) is 4.69. The van der Waals surface area contributed by atoms with E-state index >= 15 is 0 Å². The van der Waals surface area contributed by atoms with Crippen LogP contribution in [0.1, 0.15) is 38.1 Å². The van der Waals surface area contributed by atoms with Crippen LogP contribution < -0.4 is 5.32 Å². The zero-order chi connectivity index (χ0) is 27.2. The monoisotopic (exact) mass is 514 g/mol. The molecule has 5 atom stereocenters. The smallest absolute Gasteiger partial charge is 0.305 e. The fourth-order valence-electron chi connectivity index (χ4n) is 3.35. The second kappa shape index (κ2) is 12.0. The summed E-state index contributed by atoms with van der Waals surface area (Å²) in [4.78, 5) is 69.5. The highest BCUT2D eigenvalue weighted by atomic mass is 19.1. The lowest BCUT2D eigenvalue weighted by atomic mass is 9.95. The third kappa shape index (κ3) is 7.43. The van der Waals surface area contributed by atoms with Gasteiger partial charge in [-0.15, -0.1) is 0 Å². The molecular formula is C21H23FN2O12. The van der Waals surface area contributed by atoms with Crippen LogP contribution >= 0.6 is 0 Å². The van der Waals surface area contributed by atoms with E-state index in [2.05, 4.69) is 5.32 Å². The van der Waals surface area contributed by atoms with Crippen LogP contribution in [0.3, 0.4) is 0 Å². The average molecular weight is 514 g/mol. The van der Waals surface area contributed by atoms with Crippen LogP contribution in [0, 0.1) is 15.9 Å². The summed E-state index contributed by atoms with van der Waals surface area (Å²) in [5.41, 5.74) is -1.24. The number of halogens is 1. The molecule has 1 aliphatic rings. The third-order valence-corrected chi connectivity index (χ3v) is 4.69. The summed E-state index contributed by atoms with van der Waals surface area (Å²) in [6, 6.07) is 0.703. The van der Waals surface area contributed by atoms with Crippen molar-refractivity contribution in [1.82, 2.24) is 5.32 Å². The number of non-ortho nitro benzene ring substituents is 1. The standard InChI is InChI=1S/C21H23FN2O12/c1-9(25)32-8-16-18(33-10(2)26)19(34-11(3)27)17(21(36-16)35-12(4)28)23-20(29)14-6-5-13(24(30)31)7-15(14)22/h5-7,16-19,21H,8H2,1-4H3,(H,23,29)/t16-,17-,18-,19-,21-/m1/s1. The molecule has 1 amide bonds. The summed E-state index contributed by atoms with van der Waals surface area (Å²) in [6.07, 6.45) is -6.01. The van der Waals surface area contributed by atoms with Crippen LogP contribution in [0.5, 0.6) is 0 Å². The number of esters is 4. The first-order valence-corrected chi connectivity index (χ1v) is 10.4. The van der Waals surface area contributed by atoms with Crippen molar-refractivity contribution in [2.45, 2.75) is 58.3 Å². The number of nitrogens with zero attached hydrogens (tertiary/aromatic N) is 1. The Balaban J connectivity index is 2.49. The van der Waals surface area contributed by atoms with E-state index in [1.807, 2.05) is 0 Å². The van der Waals surface area contributed by atoms with Gasteiger partial charge in [-0.05, 0) is 6.07 Å². The van der Waals surface area contributed by atoms with E-state index in [4.69, 9.17) is 23.7 Å². The molecule has 1 saturated heterocycles. The minimum atomic E-state index is -1.68. The maximum atomic E-state index is 14.4. The molecule has 0 aliphatic carbocycles. The van der Waals surface area contributed by atoms with E-state index in [1.165, 1.54) is 0 Å². The van der Waals surface area contributed by atoms with Crippen LogP contribution in [0.15, 0.2) is 18.2 Å². The number of carbonyl (C=O) groups is 5. The Labute approximate surface area is 203 Å². The van der Waals surface area contributed by atoms with Gasteiger partial charge in [0, 0.05) is 33.8 Å². The molecule has 0 unspecified atom stereocenters. The zero-order valence-corrected chi connectivity index (χ0v) is 19.6. The van der Waals surface area contributed by atoms with E-state index in [9.17, 15) is 38.5 Å². The molecule has 1 heterocycles. The van der Waals surface area contributed by atoms with Gasteiger partial charge in [0.2, 0.25) is 6.29 Å². The minimum absolute atomic E-state index is 0.513. The molecule has 1 aliphatic heterocycles. The quantitative estimate of drug-likeness (QED) is 0.220. The number of amides is 1. The van der Waals surface area contributed by atoms with E-state index in [0.717, 1.165) is 39.8 Å². The number of nitrogens with one attached hydrogen (secondary N) is 1. The van der Waals surface area contributed by atoms with Gasteiger partial charge in [-0.1, -0.05) is 0 Å². The molecule has 36 heavy (non-hydrogen) atoms. The second-order valence-corrected chi connectivity index (χ2v) is 7.52. The van der Waals surface area contributed by atoms with Crippen LogP contribution in [0.4, 0.5) is 10.1 Å². The van der Waals surface area contributed by atoms with Crippen molar-refractivity contribution in [1.29, 1.82) is 0 Å². The van der Waals surface area contributed by atoms with Gasteiger partial charge in [-0.25, -0.2) is 4.39 Å². The summed E-state index contributed by atoms with van der Waals surface area (Å²) < 4.78 is 40.5. The van der Waals surface area contributed by atoms with Crippen LogP contribution in [0.25, 0.3) is 0 Å². The van der Waals surface area contributed by atoms with E-state index in [1.54, 1.807) is 0 Å². The molecule has 1 N–H and O–H groups in total. The number of nitro groups is 1. The van der Waals surface area contributed by atoms with Gasteiger partial charge in [0.15, 0.2) is 12.2 Å². The van der Waals surface area contributed by atoms with Crippen molar-refractivity contribution in [2.75, 3.05) is 6.61 Å². The summed E-state index contributed by atoms with van der Waals surface area (Å²) in [5, 5.41) is 13.1. The van der Waals surface area contributed by atoms with E-state index < -0.39 is 89.0 Å². The van der Waals surface area contributed by atoms with Gasteiger partial charge in [0.05, 0.1) is 16.6 Å². The fraction of sp³-hybridized carbons (Fsp3) is 0.476. The molecule has 14 nitrogen and oxygen atoms in total. The molecule has 15 heteroatoms. The first-order chi connectivity index (χ1) is 16.8. The van der Waals surface area contributed by atoms with E-state index in [-0.39, 0.29) is 0 Å². The fourth-order valence-corrected chi connectivity index (χ4v) is 3.35. The summed E-state index contributed by atoms with van der Waals surface area (Å²) in [6.45, 7) is 3.64. The molecule has 196 valence electrons. The molecule has 1 aromatic carbocycles. The Morgan fingerprint density at radius 2 is 1.56 bits per heavy atom. The lowest BCUT2D eigenvalue weighted by Crippen LogP contribution is -2.67. The predicted molar refractivity (Wildman–Crippen MR) is 112 cm³/mol. The van der Waals surface area contributed by atoms with Crippen molar-refractivity contribution < 1.29 is 57.0 Å². The van der Waals surface area contributed by atoms with Crippen molar-refractivity contribution in [3.05, 3.63) is 39.7 Å². The number of nitro benzene ring substituents is 1. The summed E-state index contributed by atoms with van der Waals surface area (Å²) >= 11 is 0. The zero-order valence-electron chi connectivity index (χ0n) is 19.6. The molecular weight excluding hydrogens is 491 g/mol. The van der Waals surface area contributed by atoms with Crippen LogP contribution in [0.2, 0.25) is 0 Å². The molecule has 0 aromatic heterocycles. The second-order valence-electron chi connectivity index (χ2n) is 7.52. The van der Waals surface area contributed by atoms with Crippen molar-refractivity contribution >= 4 is 35.5 Å². The molecule has 2 rings (SSSR count). The summed E-state index contributed by atoms with van der Waals surface area (Å²) in [7, 11) is 0. The van der Waals surface area contributed by atoms with Crippen LogP contribution in [-0.4, -0.2) is 72.0 Å². The average Bonchev–Trinajstić information content (AvgIpc) is 2.75. The Morgan fingerprint density at radius 1 is 0.972 bits per heavy atom. The Kier molecular flexibility index (Phi) is 9.38. The lowest BCUT2D eigenvalue weighted by Gasteiger charge is -2.44. The lowest BCUT2D eigenvalue weighted by molar-refractivity contribution is -0.385. The maximum Gasteiger partial charge on any atom is 0.305 e. The predicted octanol–water partition coefficient (Wildman–Crippen LogP) is 0.547. The number of ether oxygens (including phenoxy) is 5. The number of benzene rings is 1. The molecule has 0 bridgehead atoms. The van der Waals surface area contributed by atoms with Gasteiger partial charge >= 0.3 is 23.9 Å². The van der Waals surface area contributed by atoms with Crippen molar-refractivity contribution in [3.63, 3.8) is 0 Å². The van der Waals surface area contributed by atoms with Gasteiger partial charge in [-0.3, -0.25) is 34.1 Å². The largest absolute Gasteiger partial charge is 0.463 e. The van der Waals surface area contributed by atoms with Crippen molar-refractivity contribution in [3.8, 4) is 0 Å². The molecule has 0 radical (unpaired) electrons. The Bertz CT molecular complexity index is 1060. The SMILES string of the molecule is CC(=O)OC[C@H]1O[C@@H](OC(C)=O)[C@H](NC(=O)c2ccc([N+](=O)[O-])cc2F)[C@@H](OC(C)=O)[C@@H]1OC(C)=O. The van der Waals surface area contributed by atoms with E-state index in [0.29, 0.717) is 6.07 Å². The first-order valence-electron chi connectivity index (χ1n) is 10.4. The Morgan fingerprint density at radius 3 is 2.06 bits per heavy atom. The molecule has 0 spiro atoms. The maximum absolute atomic E-state index is 14.4. The Hall–Kier alpha value is -4.14. The number of carbonyl (C=O) groups excluding carboxylic acids is 5. The van der Waals surface area contributed by atoms with Gasteiger partial charge < -0.3 is 29.0 Å². The van der Waals surface area contributed by atoms with Gasteiger partial charge in [-0.2, -0.15) is 0 Å². The highest BCUT2D eigenvalue weighted by Gasteiger charge is 2.52. The minimum Gasteiger partial charge on any atom is -0.463 e. The molecule has 0 saturated carbocycles. The highest BCUT2D eigenvalue weighted by molar-refractivity contribution is 5.95. The highest BCUT2D eigenvalue weighted by Crippen LogP contribution is 2.28. The van der Waals surface area contributed by atoms with Crippen LogP contribution in [-0.2, 0) is 42.9 Å². The molecule has 1 fully saturated rings. The topological polar surface area (TPSA) is 187 Å². The first kappa shape index (κ1) is 28.1. The number of rotatable bonds is 8. The van der Waals surface area contributed by atoms with Crippen molar-refractivity contribution in [2.24, 2.45) is 0 Å². The number of hydrogen-bond acceptors (Lipinski definition) is 12. The van der Waals surface area contributed by atoms with Gasteiger partial charge in [0.25, 0.3) is 11.6 Å². The normalized spacial score (nSPS) is 23.1. The number of hydrogen-bond donors (Lipinski definition) is 1. The molecule has 1 aromatic rings.